The second-order valence-electron chi connectivity index (χ2n) is 0.748. The number of halogens is 4. The van der Waals surface area contributed by atoms with Crippen LogP contribution in [0.5, 0.6) is 0 Å². The summed E-state index contributed by atoms with van der Waals surface area (Å²) in [5, 5.41) is -1.98. The number of hydrogen-bond donors (Lipinski definition) is 0. The Kier molecular flexibility index (Phi) is 2.40. The van der Waals surface area contributed by atoms with Crippen LogP contribution in [0.15, 0.2) is 0 Å². The van der Waals surface area contributed by atoms with Gasteiger partial charge in [0.05, 0.1) is 11.8 Å². The number of amides is 2. The van der Waals surface area contributed by atoms with E-state index in [4.69, 9.17) is 0 Å². The third-order valence-corrected chi connectivity index (χ3v) is 0.434. The van der Waals surface area contributed by atoms with E-state index >= 15 is 0 Å². The summed E-state index contributed by atoms with van der Waals surface area (Å²) in [7, 11) is 0. The minimum Gasteiger partial charge on any atom is -0.239 e. The van der Waals surface area contributed by atoms with E-state index in [0.29, 0.717) is 0 Å². The van der Waals surface area contributed by atoms with Gasteiger partial charge in [0.15, 0.2) is 0 Å². The quantitative estimate of drug-likeness (QED) is 0.478. The summed E-state index contributed by atoms with van der Waals surface area (Å²) < 4.78 is 31.4. The van der Waals surface area contributed by atoms with Gasteiger partial charge in [-0.2, -0.15) is 0 Å². The molecule has 7 heteroatoms. The number of urea groups is 1. The van der Waals surface area contributed by atoms with Gasteiger partial charge in [-0.1, -0.05) is 18.1 Å². The van der Waals surface area contributed by atoms with Crippen molar-refractivity contribution in [1.29, 1.82) is 0 Å². The van der Waals surface area contributed by atoms with E-state index in [9.17, 15) is 18.2 Å². The van der Waals surface area contributed by atoms with Gasteiger partial charge >= 0.3 is 6.03 Å². The minimum atomic E-state index is -2.22. The molecule has 0 bridgehead atoms. The van der Waals surface area contributed by atoms with Gasteiger partial charge in [0.1, 0.15) is 0 Å². The summed E-state index contributed by atoms with van der Waals surface area (Å²) in [5.41, 5.74) is 0. The average Bonchev–Trinajstić information content (AvgIpc) is 1.64. The molecule has 0 aromatic carbocycles. The van der Waals surface area contributed by atoms with Crippen LogP contribution in [0, 0.1) is 0 Å². The second kappa shape index (κ2) is 2.61. The summed E-state index contributed by atoms with van der Waals surface area (Å²) in [6, 6.07) is -2.22. The molecule has 0 aliphatic heterocycles. The third kappa shape index (κ3) is 1.87. The van der Waals surface area contributed by atoms with Gasteiger partial charge < -0.3 is 0 Å². The number of carbonyl (C=O) groups excluding carboxylic acids is 1. The lowest BCUT2D eigenvalue weighted by Crippen LogP contribution is -2.21. The summed E-state index contributed by atoms with van der Waals surface area (Å²) >= 11 is 4.12. The molecular formula is CClF3N2O. The fourth-order valence-corrected chi connectivity index (χ4v) is 0.114. The maximum atomic E-state index is 11.1. The van der Waals surface area contributed by atoms with E-state index in [2.05, 4.69) is 11.8 Å². The lowest BCUT2D eigenvalue weighted by atomic mass is 11.2. The average molecular weight is 148 g/mol. The van der Waals surface area contributed by atoms with Gasteiger partial charge in [-0.15, -0.1) is 0 Å². The molecule has 0 spiro atoms. The monoisotopic (exact) mass is 148 g/mol. The van der Waals surface area contributed by atoms with Crippen molar-refractivity contribution in [3.63, 3.8) is 0 Å². The number of carbonyl (C=O) groups is 1. The SMILES string of the molecule is O=C(N(F)F)N(F)Cl. The van der Waals surface area contributed by atoms with Gasteiger partial charge in [-0.25, -0.2) is 4.79 Å². The Labute approximate surface area is 47.1 Å². The van der Waals surface area contributed by atoms with E-state index in [-0.39, 0.29) is 0 Å². The molecule has 0 heterocycles. The molecule has 48 valence electrons. The lowest BCUT2D eigenvalue weighted by Gasteiger charge is -1.99. The van der Waals surface area contributed by atoms with Gasteiger partial charge in [-0.05, 0) is 0 Å². The highest BCUT2D eigenvalue weighted by Crippen LogP contribution is 2.02. The molecule has 0 saturated carbocycles. The summed E-state index contributed by atoms with van der Waals surface area (Å²) in [4.78, 5) is 9.44. The Morgan fingerprint density at radius 1 is 1.38 bits per heavy atom. The first-order valence-corrected chi connectivity index (χ1v) is 1.67. The molecule has 0 aromatic heterocycles. The van der Waals surface area contributed by atoms with Crippen LogP contribution in [-0.4, -0.2) is 16.0 Å². The molecule has 0 atom stereocenters. The van der Waals surface area contributed by atoms with Crippen molar-refractivity contribution in [2.75, 3.05) is 0 Å². The van der Waals surface area contributed by atoms with E-state index in [1.165, 1.54) is 0 Å². The first kappa shape index (κ1) is 7.35. The van der Waals surface area contributed by atoms with Crippen LogP contribution < -0.4 is 0 Å². The van der Waals surface area contributed by atoms with E-state index in [1.54, 1.807) is 0 Å². The zero-order chi connectivity index (χ0) is 6.73. The Morgan fingerprint density at radius 2 is 1.75 bits per heavy atom. The molecule has 3 nitrogen and oxygen atoms in total. The minimum absolute atomic E-state index is 1.25. The Morgan fingerprint density at radius 3 is 1.75 bits per heavy atom. The Balaban J connectivity index is 3.65. The van der Waals surface area contributed by atoms with Crippen molar-refractivity contribution in [2.45, 2.75) is 0 Å². The van der Waals surface area contributed by atoms with Crippen molar-refractivity contribution in [2.24, 2.45) is 0 Å². The van der Waals surface area contributed by atoms with Crippen LogP contribution >= 0.6 is 11.8 Å². The third-order valence-electron chi connectivity index (χ3n) is 0.289. The number of rotatable bonds is 0. The fraction of sp³-hybridized carbons (Fsp3) is 0. The molecule has 0 N–H and O–H groups in total. The van der Waals surface area contributed by atoms with Gasteiger partial charge in [0, 0.05) is 5.34 Å². The number of nitrogens with zero attached hydrogens (tertiary/aromatic N) is 2. The Bertz CT molecular complexity index is 85.3. The van der Waals surface area contributed by atoms with Crippen molar-refractivity contribution in [3.8, 4) is 0 Å². The first-order chi connectivity index (χ1) is 3.55. The van der Waals surface area contributed by atoms with Crippen molar-refractivity contribution in [1.82, 2.24) is 9.99 Å². The molecule has 0 aliphatic rings. The molecule has 0 unspecified atom stereocenters. The maximum Gasteiger partial charge on any atom is 0.421 e. The summed E-state index contributed by atoms with van der Waals surface area (Å²) in [5.74, 6) is 0. The van der Waals surface area contributed by atoms with Crippen LogP contribution in [0.2, 0.25) is 0 Å². The molecule has 0 aromatic rings. The Hall–Kier alpha value is -0.650. The first-order valence-electron chi connectivity index (χ1n) is 1.33. The molecule has 0 aliphatic carbocycles. The fourth-order valence-electron chi connectivity index (χ4n) is 0.0571. The highest BCUT2D eigenvalue weighted by molar-refractivity contribution is 6.19. The molecule has 0 radical (unpaired) electrons. The van der Waals surface area contributed by atoms with E-state index in [1.807, 2.05) is 0 Å². The lowest BCUT2D eigenvalue weighted by molar-refractivity contribution is -0.116. The van der Waals surface area contributed by atoms with Crippen molar-refractivity contribution >= 4 is 17.8 Å². The molecule has 0 rings (SSSR count). The van der Waals surface area contributed by atoms with Gasteiger partial charge in [-0.3, -0.25) is 0 Å². The van der Waals surface area contributed by atoms with Crippen LogP contribution in [0.4, 0.5) is 18.2 Å². The smallest absolute Gasteiger partial charge is 0.239 e. The topological polar surface area (TPSA) is 23.6 Å². The predicted octanol–water partition coefficient (Wildman–Crippen LogP) is 1.52. The van der Waals surface area contributed by atoms with Crippen LogP contribution in [-0.2, 0) is 0 Å². The zero-order valence-electron chi connectivity index (χ0n) is 3.31. The highest BCUT2D eigenvalue weighted by Gasteiger charge is 2.18. The summed E-state index contributed by atoms with van der Waals surface area (Å²) in [6.45, 7) is 0. The second-order valence-corrected chi connectivity index (χ2v) is 1.05. The zero-order valence-corrected chi connectivity index (χ0v) is 4.07. The predicted molar refractivity (Wildman–Crippen MR) is 18.3 cm³/mol. The van der Waals surface area contributed by atoms with Crippen molar-refractivity contribution < 1.29 is 18.2 Å². The molecule has 2 amide bonds. The van der Waals surface area contributed by atoms with E-state index < -0.39 is 16.0 Å². The maximum absolute atomic E-state index is 11.1. The number of hydrogen-bond acceptors (Lipinski definition) is 1. The largest absolute Gasteiger partial charge is 0.421 e. The molecule has 0 saturated heterocycles. The summed E-state index contributed by atoms with van der Waals surface area (Å²) in [6.07, 6.45) is 0. The van der Waals surface area contributed by atoms with Crippen LogP contribution in [0.3, 0.4) is 0 Å². The normalized spacial score (nSPS) is 8.50. The van der Waals surface area contributed by atoms with Gasteiger partial charge in [0.2, 0.25) is 0 Å². The van der Waals surface area contributed by atoms with Gasteiger partial charge in [0.25, 0.3) is 0 Å². The molecule has 8 heavy (non-hydrogen) atoms. The standard InChI is InChI=1S/CClF3N2O/c2-6(3)1(8)7(4)5. The van der Waals surface area contributed by atoms with Crippen LogP contribution in [0.1, 0.15) is 0 Å². The molecular weight excluding hydrogens is 148 g/mol. The molecule has 0 fully saturated rings. The van der Waals surface area contributed by atoms with Crippen molar-refractivity contribution in [3.05, 3.63) is 0 Å². The van der Waals surface area contributed by atoms with E-state index in [0.717, 1.165) is 0 Å². The highest BCUT2D eigenvalue weighted by atomic mass is 35.5. The van der Waals surface area contributed by atoms with Crippen LogP contribution in [0.25, 0.3) is 0 Å².